The van der Waals surface area contributed by atoms with E-state index in [2.05, 4.69) is 0 Å². The number of nitrogens with zero attached hydrogens (tertiary/aromatic N) is 1. The summed E-state index contributed by atoms with van der Waals surface area (Å²) in [7, 11) is 0. The number of cyclic esters (lactones) is 1. The van der Waals surface area contributed by atoms with Crippen molar-refractivity contribution in [2.75, 3.05) is 6.61 Å². The number of carbonyl (C=O) groups is 2. The van der Waals surface area contributed by atoms with Crippen LogP contribution >= 0.6 is 0 Å². The SMILES string of the molecule is CC(C)[C@H](Cc1ccccc1)C(=O)N1C(=O)OC[C@H]1Cc1ccccc1. The molecule has 0 N–H and O–H groups in total. The molecule has 0 aliphatic carbocycles. The fourth-order valence-corrected chi connectivity index (χ4v) is 3.42. The summed E-state index contributed by atoms with van der Waals surface area (Å²) in [5, 5.41) is 0. The molecule has 0 unspecified atom stereocenters. The summed E-state index contributed by atoms with van der Waals surface area (Å²) in [6.07, 6.45) is 0.725. The minimum atomic E-state index is -0.519. The van der Waals surface area contributed by atoms with E-state index in [1.54, 1.807) is 0 Å². The Morgan fingerprint density at radius 3 is 2.19 bits per heavy atom. The van der Waals surface area contributed by atoms with E-state index < -0.39 is 6.09 Å². The smallest absolute Gasteiger partial charge is 0.416 e. The number of ether oxygens (including phenoxy) is 1. The van der Waals surface area contributed by atoms with Gasteiger partial charge >= 0.3 is 6.09 Å². The highest BCUT2D eigenvalue weighted by molar-refractivity contribution is 5.95. The number of imide groups is 1. The summed E-state index contributed by atoms with van der Waals surface area (Å²) in [6, 6.07) is 19.6. The second-order valence-corrected chi connectivity index (χ2v) is 7.17. The molecule has 0 spiro atoms. The van der Waals surface area contributed by atoms with Crippen molar-refractivity contribution >= 4 is 12.0 Å². The first-order valence-corrected chi connectivity index (χ1v) is 9.14. The zero-order valence-electron chi connectivity index (χ0n) is 15.3. The van der Waals surface area contributed by atoms with Gasteiger partial charge in [0.25, 0.3) is 0 Å². The third kappa shape index (κ3) is 4.13. The number of benzene rings is 2. The van der Waals surface area contributed by atoms with Crippen molar-refractivity contribution in [2.45, 2.75) is 32.7 Å². The van der Waals surface area contributed by atoms with E-state index in [4.69, 9.17) is 4.74 Å². The molecule has 4 heteroatoms. The van der Waals surface area contributed by atoms with Crippen LogP contribution < -0.4 is 0 Å². The number of amides is 2. The van der Waals surface area contributed by atoms with Gasteiger partial charge in [0.05, 0.1) is 6.04 Å². The van der Waals surface area contributed by atoms with Gasteiger partial charge in [-0.1, -0.05) is 74.5 Å². The van der Waals surface area contributed by atoms with Gasteiger partial charge in [0.1, 0.15) is 6.61 Å². The Morgan fingerprint density at radius 1 is 1.04 bits per heavy atom. The molecular formula is C22H25NO3. The fraction of sp³-hybridized carbons (Fsp3) is 0.364. The van der Waals surface area contributed by atoms with Crippen molar-refractivity contribution < 1.29 is 14.3 Å². The number of rotatable bonds is 6. The first kappa shape index (κ1) is 18.2. The second-order valence-electron chi connectivity index (χ2n) is 7.17. The number of hydrogen-bond acceptors (Lipinski definition) is 3. The Labute approximate surface area is 154 Å². The lowest BCUT2D eigenvalue weighted by Crippen LogP contribution is -2.45. The van der Waals surface area contributed by atoms with Gasteiger partial charge < -0.3 is 4.74 Å². The van der Waals surface area contributed by atoms with Crippen LogP contribution in [-0.2, 0) is 22.4 Å². The molecule has 0 radical (unpaired) electrons. The Morgan fingerprint density at radius 2 is 1.62 bits per heavy atom. The average molecular weight is 351 g/mol. The third-order valence-corrected chi connectivity index (χ3v) is 4.93. The summed E-state index contributed by atoms with van der Waals surface area (Å²) in [6.45, 7) is 4.31. The largest absolute Gasteiger partial charge is 0.447 e. The zero-order chi connectivity index (χ0) is 18.5. The van der Waals surface area contributed by atoms with Crippen LogP contribution in [0.25, 0.3) is 0 Å². The molecule has 0 saturated carbocycles. The van der Waals surface area contributed by atoms with Crippen molar-refractivity contribution in [3.8, 4) is 0 Å². The molecule has 1 aliphatic heterocycles. The summed E-state index contributed by atoms with van der Waals surface area (Å²) in [4.78, 5) is 26.9. The number of hydrogen-bond donors (Lipinski definition) is 0. The van der Waals surface area contributed by atoms with Crippen molar-refractivity contribution in [1.82, 2.24) is 4.90 Å². The molecule has 2 amide bonds. The Kier molecular flexibility index (Phi) is 5.71. The summed E-state index contributed by atoms with van der Waals surface area (Å²) >= 11 is 0. The van der Waals surface area contributed by atoms with Crippen LogP contribution in [0.5, 0.6) is 0 Å². The van der Waals surface area contributed by atoms with E-state index in [1.807, 2.05) is 74.5 Å². The predicted octanol–water partition coefficient (Wildman–Crippen LogP) is 4.09. The monoisotopic (exact) mass is 351 g/mol. The quantitative estimate of drug-likeness (QED) is 0.787. The molecule has 2 aromatic carbocycles. The molecule has 2 aromatic rings. The van der Waals surface area contributed by atoms with Crippen molar-refractivity contribution in [2.24, 2.45) is 11.8 Å². The molecular weight excluding hydrogens is 326 g/mol. The summed E-state index contributed by atoms with van der Waals surface area (Å²) in [5.41, 5.74) is 2.20. The fourth-order valence-electron chi connectivity index (χ4n) is 3.42. The van der Waals surface area contributed by atoms with Crippen LogP contribution in [0.2, 0.25) is 0 Å². The lowest BCUT2D eigenvalue weighted by molar-refractivity contribution is -0.134. The van der Waals surface area contributed by atoms with Crippen molar-refractivity contribution in [1.29, 1.82) is 0 Å². The van der Waals surface area contributed by atoms with Crippen LogP contribution in [0, 0.1) is 11.8 Å². The minimum absolute atomic E-state index is 0.132. The Bertz CT molecular complexity index is 742. The van der Waals surface area contributed by atoms with E-state index in [1.165, 1.54) is 4.90 Å². The van der Waals surface area contributed by atoms with Crippen LogP contribution in [0.1, 0.15) is 25.0 Å². The lowest BCUT2D eigenvalue weighted by Gasteiger charge is -2.27. The summed E-state index contributed by atoms with van der Waals surface area (Å²) < 4.78 is 5.22. The highest BCUT2D eigenvalue weighted by Gasteiger charge is 2.41. The molecule has 3 rings (SSSR count). The van der Waals surface area contributed by atoms with E-state index in [0.29, 0.717) is 12.8 Å². The predicted molar refractivity (Wildman–Crippen MR) is 101 cm³/mol. The molecule has 136 valence electrons. The molecule has 1 aliphatic rings. The third-order valence-electron chi connectivity index (χ3n) is 4.93. The first-order chi connectivity index (χ1) is 12.6. The topological polar surface area (TPSA) is 46.6 Å². The van der Waals surface area contributed by atoms with Gasteiger partial charge in [-0.15, -0.1) is 0 Å². The second kappa shape index (κ2) is 8.17. The first-order valence-electron chi connectivity index (χ1n) is 9.14. The van der Waals surface area contributed by atoms with Gasteiger partial charge in [-0.25, -0.2) is 9.69 Å². The van der Waals surface area contributed by atoms with Gasteiger partial charge in [0, 0.05) is 5.92 Å². The van der Waals surface area contributed by atoms with Gasteiger partial charge in [-0.2, -0.15) is 0 Å². The normalized spacial score (nSPS) is 18.0. The zero-order valence-corrected chi connectivity index (χ0v) is 15.3. The van der Waals surface area contributed by atoms with Crippen LogP contribution in [-0.4, -0.2) is 29.5 Å². The molecule has 1 fully saturated rings. The summed E-state index contributed by atoms with van der Waals surface area (Å²) in [5.74, 6) is -0.248. The van der Waals surface area contributed by atoms with Gasteiger partial charge in [0.15, 0.2) is 0 Å². The van der Waals surface area contributed by atoms with Gasteiger partial charge in [0.2, 0.25) is 5.91 Å². The van der Waals surface area contributed by atoms with E-state index >= 15 is 0 Å². The van der Waals surface area contributed by atoms with Crippen molar-refractivity contribution in [3.63, 3.8) is 0 Å². The molecule has 2 atom stereocenters. The minimum Gasteiger partial charge on any atom is -0.447 e. The highest BCUT2D eigenvalue weighted by Crippen LogP contribution is 2.25. The molecule has 0 aromatic heterocycles. The van der Waals surface area contributed by atoms with E-state index in [0.717, 1.165) is 11.1 Å². The molecule has 1 saturated heterocycles. The highest BCUT2D eigenvalue weighted by atomic mass is 16.6. The molecule has 0 bridgehead atoms. The van der Waals surface area contributed by atoms with Crippen molar-refractivity contribution in [3.05, 3.63) is 71.8 Å². The van der Waals surface area contributed by atoms with Crippen LogP contribution in [0.4, 0.5) is 4.79 Å². The lowest BCUT2D eigenvalue weighted by atomic mass is 9.87. The maximum absolute atomic E-state index is 13.2. The van der Waals surface area contributed by atoms with Crippen LogP contribution in [0.15, 0.2) is 60.7 Å². The maximum atomic E-state index is 13.2. The van der Waals surface area contributed by atoms with E-state index in [-0.39, 0.29) is 30.4 Å². The Hall–Kier alpha value is -2.62. The molecule has 1 heterocycles. The molecule has 26 heavy (non-hydrogen) atoms. The molecule has 4 nitrogen and oxygen atoms in total. The Balaban J connectivity index is 1.78. The standard InChI is InChI=1S/C22H25NO3/c1-16(2)20(14-18-11-7-4-8-12-18)21(24)23-19(15-26-22(23)25)13-17-9-5-3-6-10-17/h3-12,16,19-20H,13-15H2,1-2H3/t19-,20+/m1/s1. The van der Waals surface area contributed by atoms with Gasteiger partial charge in [-0.3, -0.25) is 4.79 Å². The van der Waals surface area contributed by atoms with E-state index in [9.17, 15) is 9.59 Å². The van der Waals surface area contributed by atoms with Crippen LogP contribution in [0.3, 0.4) is 0 Å². The number of carbonyl (C=O) groups excluding carboxylic acids is 2. The van der Waals surface area contributed by atoms with Gasteiger partial charge in [-0.05, 0) is 29.9 Å². The maximum Gasteiger partial charge on any atom is 0.416 e. The average Bonchev–Trinajstić information content (AvgIpc) is 3.01.